The van der Waals surface area contributed by atoms with Crippen molar-refractivity contribution in [1.82, 2.24) is 0 Å². The zero-order valence-electron chi connectivity index (χ0n) is 14.7. The number of furan rings is 1. The fourth-order valence-electron chi connectivity index (χ4n) is 2.14. The summed E-state index contributed by atoms with van der Waals surface area (Å²) in [6.07, 6.45) is 0. The van der Waals surface area contributed by atoms with E-state index in [1.54, 1.807) is 6.07 Å². The Labute approximate surface area is 150 Å². The lowest BCUT2D eigenvalue weighted by atomic mass is 10.1. The molecule has 2 rings (SSSR count). The molecule has 0 aliphatic heterocycles. The molecule has 8 heteroatoms. The van der Waals surface area contributed by atoms with Crippen molar-refractivity contribution in [2.24, 2.45) is 0 Å². The highest BCUT2D eigenvalue weighted by molar-refractivity contribution is 6.07. The number of anilines is 1. The summed E-state index contributed by atoms with van der Waals surface area (Å²) in [7, 11) is 2.45. The Morgan fingerprint density at radius 1 is 1.04 bits per heavy atom. The lowest BCUT2D eigenvalue weighted by Crippen LogP contribution is -2.16. The minimum Gasteiger partial charge on any atom is -0.465 e. The summed E-state index contributed by atoms with van der Waals surface area (Å²) in [4.78, 5) is 36.0. The third-order valence-corrected chi connectivity index (χ3v) is 3.43. The molecule has 26 heavy (non-hydrogen) atoms. The second-order valence-corrected chi connectivity index (χ2v) is 5.10. The van der Waals surface area contributed by atoms with Gasteiger partial charge in [0.2, 0.25) is 0 Å². The fourth-order valence-corrected chi connectivity index (χ4v) is 2.14. The van der Waals surface area contributed by atoms with E-state index < -0.39 is 17.8 Å². The number of carbonyl (C=O) groups is 3. The van der Waals surface area contributed by atoms with Crippen LogP contribution in [-0.4, -0.2) is 38.7 Å². The molecule has 1 aromatic heterocycles. The van der Waals surface area contributed by atoms with Crippen molar-refractivity contribution in [1.29, 1.82) is 0 Å². The summed E-state index contributed by atoms with van der Waals surface area (Å²) in [6, 6.07) is 7.22. The predicted molar refractivity (Wildman–Crippen MR) is 91.1 cm³/mol. The van der Waals surface area contributed by atoms with E-state index in [4.69, 9.17) is 13.9 Å². The first kappa shape index (κ1) is 19.2. The van der Waals surface area contributed by atoms with E-state index in [0.717, 1.165) is 0 Å². The van der Waals surface area contributed by atoms with Crippen LogP contribution in [0.15, 0.2) is 34.7 Å². The quantitative estimate of drug-likeness (QED) is 0.756. The summed E-state index contributed by atoms with van der Waals surface area (Å²) >= 11 is 0. The molecule has 0 aliphatic carbocycles. The van der Waals surface area contributed by atoms with Crippen LogP contribution in [0.4, 0.5) is 5.69 Å². The number of amides is 1. The average molecular weight is 361 g/mol. The molecule has 0 radical (unpaired) electrons. The molecule has 0 fully saturated rings. The van der Waals surface area contributed by atoms with Gasteiger partial charge in [-0.2, -0.15) is 0 Å². The summed E-state index contributed by atoms with van der Waals surface area (Å²) < 4.78 is 20.0. The Bertz CT molecular complexity index is 810. The van der Waals surface area contributed by atoms with Crippen molar-refractivity contribution in [2.45, 2.75) is 13.5 Å². The average Bonchev–Trinajstić information content (AvgIpc) is 3.14. The minimum absolute atomic E-state index is 0.0407. The second kappa shape index (κ2) is 8.82. The van der Waals surface area contributed by atoms with E-state index in [2.05, 4.69) is 10.1 Å². The molecule has 8 nitrogen and oxygen atoms in total. The zero-order valence-corrected chi connectivity index (χ0v) is 14.7. The molecule has 0 saturated carbocycles. The predicted octanol–water partition coefficient (Wildman–Crippen LogP) is 2.64. The maximum Gasteiger partial charge on any atom is 0.339 e. The van der Waals surface area contributed by atoms with Crippen molar-refractivity contribution in [3.63, 3.8) is 0 Å². The molecule has 1 N–H and O–H groups in total. The topological polar surface area (TPSA) is 104 Å². The van der Waals surface area contributed by atoms with Crippen molar-refractivity contribution in [3.05, 3.63) is 53.0 Å². The fraction of sp³-hybridized carbons (Fsp3) is 0.278. The van der Waals surface area contributed by atoms with Crippen molar-refractivity contribution < 1.29 is 33.0 Å². The summed E-state index contributed by atoms with van der Waals surface area (Å²) in [5, 5.41) is 2.55. The van der Waals surface area contributed by atoms with Crippen LogP contribution in [0.2, 0.25) is 0 Å². The highest BCUT2D eigenvalue weighted by Gasteiger charge is 2.19. The molecule has 2 aromatic rings. The van der Waals surface area contributed by atoms with E-state index in [9.17, 15) is 14.4 Å². The number of hydrogen-bond donors (Lipinski definition) is 1. The molecule has 1 heterocycles. The van der Waals surface area contributed by atoms with Crippen LogP contribution in [-0.2, 0) is 20.8 Å². The van der Waals surface area contributed by atoms with Gasteiger partial charge in [-0.05, 0) is 37.3 Å². The number of benzene rings is 1. The van der Waals surface area contributed by atoms with Gasteiger partial charge in [0.05, 0.1) is 31.0 Å². The first-order valence-corrected chi connectivity index (χ1v) is 7.78. The zero-order chi connectivity index (χ0) is 19.1. The van der Waals surface area contributed by atoms with Gasteiger partial charge in [0.25, 0.3) is 5.91 Å². The normalized spacial score (nSPS) is 10.3. The molecule has 0 saturated heterocycles. The number of esters is 2. The van der Waals surface area contributed by atoms with Crippen LogP contribution in [0.25, 0.3) is 0 Å². The Kier molecular flexibility index (Phi) is 6.51. The molecule has 0 bridgehead atoms. The van der Waals surface area contributed by atoms with Gasteiger partial charge < -0.3 is 23.9 Å². The molecule has 1 amide bonds. The van der Waals surface area contributed by atoms with Crippen LogP contribution >= 0.6 is 0 Å². The standard InChI is InChI=1S/C18H19NO7/c1-4-25-10-12-6-8-15(26-12)16(20)19-14-9-11(17(21)23-2)5-7-13(14)18(22)24-3/h5-9H,4,10H2,1-3H3,(H,19,20). The van der Waals surface area contributed by atoms with Crippen molar-refractivity contribution in [3.8, 4) is 0 Å². The molecule has 1 aromatic carbocycles. The van der Waals surface area contributed by atoms with Crippen LogP contribution in [0, 0.1) is 0 Å². The molecule has 0 aliphatic rings. The van der Waals surface area contributed by atoms with Crippen LogP contribution in [0.1, 0.15) is 44.0 Å². The summed E-state index contributed by atoms with van der Waals surface area (Å²) in [6.45, 7) is 2.61. The van der Waals surface area contributed by atoms with Gasteiger partial charge in [-0.3, -0.25) is 4.79 Å². The Hall–Kier alpha value is -3.13. The van der Waals surface area contributed by atoms with E-state index in [1.165, 1.54) is 38.5 Å². The maximum atomic E-state index is 12.4. The highest BCUT2D eigenvalue weighted by atomic mass is 16.5. The highest BCUT2D eigenvalue weighted by Crippen LogP contribution is 2.21. The molecule has 0 spiro atoms. The SMILES string of the molecule is CCOCc1ccc(C(=O)Nc2cc(C(=O)OC)ccc2C(=O)OC)o1. The van der Waals surface area contributed by atoms with Crippen molar-refractivity contribution >= 4 is 23.5 Å². The van der Waals surface area contributed by atoms with Crippen LogP contribution < -0.4 is 5.32 Å². The molecule has 0 unspecified atom stereocenters. The number of rotatable bonds is 7. The lowest BCUT2D eigenvalue weighted by Gasteiger charge is -2.10. The first-order valence-electron chi connectivity index (χ1n) is 7.78. The van der Waals surface area contributed by atoms with Crippen molar-refractivity contribution in [2.75, 3.05) is 26.1 Å². The van der Waals surface area contributed by atoms with Gasteiger partial charge in [-0.1, -0.05) is 0 Å². The molecule has 0 atom stereocenters. The Morgan fingerprint density at radius 3 is 2.42 bits per heavy atom. The smallest absolute Gasteiger partial charge is 0.339 e. The molecule has 138 valence electrons. The number of ether oxygens (including phenoxy) is 3. The Morgan fingerprint density at radius 2 is 1.77 bits per heavy atom. The van der Waals surface area contributed by atoms with Gasteiger partial charge >= 0.3 is 11.9 Å². The van der Waals surface area contributed by atoms with Crippen LogP contribution in [0.3, 0.4) is 0 Å². The molecular weight excluding hydrogens is 342 g/mol. The van der Waals surface area contributed by atoms with Gasteiger partial charge in [-0.15, -0.1) is 0 Å². The lowest BCUT2D eigenvalue weighted by molar-refractivity contribution is 0.0587. The summed E-state index contributed by atoms with van der Waals surface area (Å²) in [5.74, 6) is -1.31. The van der Waals surface area contributed by atoms with E-state index in [0.29, 0.717) is 12.4 Å². The van der Waals surface area contributed by atoms with E-state index in [-0.39, 0.29) is 29.2 Å². The third-order valence-electron chi connectivity index (χ3n) is 3.43. The number of carbonyl (C=O) groups excluding carboxylic acids is 3. The van der Waals surface area contributed by atoms with Gasteiger partial charge in [0, 0.05) is 6.61 Å². The third kappa shape index (κ3) is 4.48. The second-order valence-electron chi connectivity index (χ2n) is 5.10. The summed E-state index contributed by atoms with van der Waals surface area (Å²) in [5.41, 5.74) is 0.369. The maximum absolute atomic E-state index is 12.4. The van der Waals surface area contributed by atoms with E-state index >= 15 is 0 Å². The minimum atomic E-state index is -0.659. The molecular formula is C18H19NO7. The van der Waals surface area contributed by atoms with Gasteiger partial charge in [0.15, 0.2) is 5.76 Å². The van der Waals surface area contributed by atoms with E-state index in [1.807, 2.05) is 6.92 Å². The first-order chi connectivity index (χ1) is 12.5. The van der Waals surface area contributed by atoms with Crippen LogP contribution in [0.5, 0.6) is 0 Å². The monoisotopic (exact) mass is 361 g/mol. The van der Waals surface area contributed by atoms with Gasteiger partial charge in [-0.25, -0.2) is 9.59 Å². The largest absolute Gasteiger partial charge is 0.465 e. The number of methoxy groups -OCH3 is 2. The Balaban J connectivity index is 2.27. The number of hydrogen-bond acceptors (Lipinski definition) is 7. The van der Waals surface area contributed by atoms with Gasteiger partial charge in [0.1, 0.15) is 12.4 Å². The number of nitrogens with one attached hydrogen (secondary N) is 1.